The van der Waals surface area contributed by atoms with Crippen molar-refractivity contribution in [2.75, 3.05) is 13.6 Å². The van der Waals surface area contributed by atoms with E-state index in [1.165, 1.54) is 32.1 Å². The van der Waals surface area contributed by atoms with E-state index in [-0.39, 0.29) is 0 Å². The van der Waals surface area contributed by atoms with Gasteiger partial charge in [0, 0.05) is 25.7 Å². The van der Waals surface area contributed by atoms with Crippen molar-refractivity contribution >= 4 is 5.96 Å². The molecule has 0 radical (unpaired) electrons. The lowest BCUT2D eigenvalue weighted by molar-refractivity contribution is 0.315. The molecule has 1 aromatic heterocycles. The average Bonchev–Trinajstić information content (AvgIpc) is 3.21. The Morgan fingerprint density at radius 1 is 1.27 bits per heavy atom. The first-order valence-corrected chi connectivity index (χ1v) is 8.53. The molecule has 0 aromatic carbocycles. The summed E-state index contributed by atoms with van der Waals surface area (Å²) in [5.74, 6) is 4.72. The summed E-state index contributed by atoms with van der Waals surface area (Å²) in [6.45, 7) is 5.63. The molecule has 122 valence electrons. The lowest BCUT2D eigenvalue weighted by Gasteiger charge is -2.22. The molecule has 5 heteroatoms. The Balaban J connectivity index is 1.41. The zero-order chi connectivity index (χ0) is 15.5. The molecule has 2 aliphatic rings. The number of nitrogens with zero attached hydrogens (tertiary/aromatic N) is 2. The monoisotopic (exact) mass is 304 g/mol. The molecule has 2 saturated carbocycles. The maximum atomic E-state index is 5.19. The summed E-state index contributed by atoms with van der Waals surface area (Å²) in [6.07, 6.45) is 7.16. The first-order chi connectivity index (χ1) is 10.7. The highest BCUT2D eigenvalue weighted by molar-refractivity contribution is 5.79. The van der Waals surface area contributed by atoms with Gasteiger partial charge in [-0.05, 0) is 57.3 Å². The van der Waals surface area contributed by atoms with Gasteiger partial charge in [0.15, 0.2) is 5.96 Å². The van der Waals surface area contributed by atoms with Crippen LogP contribution in [-0.2, 0) is 6.54 Å². The van der Waals surface area contributed by atoms with Gasteiger partial charge in [-0.1, -0.05) is 11.6 Å². The minimum Gasteiger partial charge on any atom is -0.361 e. The fourth-order valence-electron chi connectivity index (χ4n) is 4.25. The van der Waals surface area contributed by atoms with Gasteiger partial charge in [-0.15, -0.1) is 0 Å². The van der Waals surface area contributed by atoms with E-state index in [0.717, 1.165) is 47.3 Å². The van der Waals surface area contributed by atoms with Gasteiger partial charge in [0.25, 0.3) is 0 Å². The average molecular weight is 304 g/mol. The van der Waals surface area contributed by atoms with Crippen LogP contribution in [0.3, 0.4) is 0 Å². The second-order valence-electron chi connectivity index (χ2n) is 6.88. The van der Waals surface area contributed by atoms with E-state index in [2.05, 4.69) is 20.8 Å². The lowest BCUT2D eigenvalue weighted by Crippen LogP contribution is -2.38. The molecule has 1 heterocycles. The Labute approximate surface area is 132 Å². The quantitative estimate of drug-likeness (QED) is 0.648. The predicted molar refractivity (Wildman–Crippen MR) is 87.7 cm³/mol. The molecule has 2 N–H and O–H groups in total. The van der Waals surface area contributed by atoms with Crippen molar-refractivity contribution in [1.29, 1.82) is 0 Å². The van der Waals surface area contributed by atoms with Gasteiger partial charge in [-0.3, -0.25) is 4.99 Å². The normalized spacial score (nSPS) is 27.4. The van der Waals surface area contributed by atoms with E-state index in [4.69, 9.17) is 4.52 Å². The fraction of sp³-hybridized carbons (Fsp3) is 0.765. The molecular formula is C17H28N4O. The zero-order valence-electron chi connectivity index (χ0n) is 14.0. The molecule has 2 bridgehead atoms. The lowest BCUT2D eigenvalue weighted by atomic mass is 9.86. The smallest absolute Gasteiger partial charge is 0.191 e. The number of fused-ring (bicyclic) bond motifs is 2. The van der Waals surface area contributed by atoms with E-state index >= 15 is 0 Å². The molecule has 0 saturated heterocycles. The van der Waals surface area contributed by atoms with Crippen LogP contribution in [0.5, 0.6) is 0 Å². The highest BCUT2D eigenvalue weighted by atomic mass is 16.5. The van der Waals surface area contributed by atoms with Gasteiger partial charge in [-0.2, -0.15) is 0 Å². The van der Waals surface area contributed by atoms with Gasteiger partial charge < -0.3 is 15.2 Å². The van der Waals surface area contributed by atoms with Gasteiger partial charge in [-0.25, -0.2) is 0 Å². The second kappa shape index (κ2) is 6.71. The van der Waals surface area contributed by atoms with Crippen LogP contribution < -0.4 is 10.6 Å². The maximum Gasteiger partial charge on any atom is 0.191 e. The second-order valence-corrected chi connectivity index (χ2v) is 6.88. The first kappa shape index (κ1) is 15.4. The van der Waals surface area contributed by atoms with Crippen molar-refractivity contribution in [1.82, 2.24) is 15.8 Å². The van der Waals surface area contributed by atoms with Crippen molar-refractivity contribution in [2.45, 2.75) is 52.5 Å². The zero-order valence-corrected chi connectivity index (χ0v) is 14.0. The van der Waals surface area contributed by atoms with E-state index in [0.29, 0.717) is 6.54 Å². The molecule has 3 atom stereocenters. The summed E-state index contributed by atoms with van der Waals surface area (Å²) < 4.78 is 5.19. The van der Waals surface area contributed by atoms with Gasteiger partial charge in [0.2, 0.25) is 0 Å². The molecule has 0 spiro atoms. The highest BCUT2D eigenvalue weighted by Crippen LogP contribution is 2.49. The van der Waals surface area contributed by atoms with Crippen LogP contribution in [0.4, 0.5) is 0 Å². The Hall–Kier alpha value is -1.52. The summed E-state index contributed by atoms with van der Waals surface area (Å²) in [4.78, 5) is 4.30. The third-order valence-corrected chi connectivity index (χ3v) is 5.53. The molecule has 2 fully saturated rings. The molecular weight excluding hydrogens is 276 g/mol. The topological polar surface area (TPSA) is 62.5 Å². The molecule has 3 unspecified atom stereocenters. The standard InChI is InChI=1S/C17H28N4O/c1-11-16(12(2)22-21-11)10-20-17(18-3)19-7-6-15-9-13-4-5-14(15)8-13/h13-15H,4-10H2,1-3H3,(H2,18,19,20). The Morgan fingerprint density at radius 2 is 2.14 bits per heavy atom. The van der Waals surface area contributed by atoms with Crippen molar-refractivity contribution in [3.8, 4) is 0 Å². The molecule has 2 aliphatic carbocycles. The van der Waals surface area contributed by atoms with Crippen LogP contribution in [0, 0.1) is 31.6 Å². The molecule has 0 amide bonds. The van der Waals surface area contributed by atoms with Crippen molar-refractivity contribution in [3.63, 3.8) is 0 Å². The maximum absolute atomic E-state index is 5.19. The molecule has 1 aromatic rings. The summed E-state index contributed by atoms with van der Waals surface area (Å²) in [5.41, 5.74) is 2.07. The van der Waals surface area contributed by atoms with Gasteiger partial charge >= 0.3 is 0 Å². The molecule has 3 rings (SSSR count). The largest absolute Gasteiger partial charge is 0.361 e. The number of hydrogen-bond donors (Lipinski definition) is 2. The van der Waals surface area contributed by atoms with Gasteiger partial charge in [0.05, 0.1) is 5.69 Å². The van der Waals surface area contributed by atoms with Crippen molar-refractivity contribution in [3.05, 3.63) is 17.0 Å². The van der Waals surface area contributed by atoms with Crippen LogP contribution >= 0.6 is 0 Å². The number of aromatic nitrogens is 1. The van der Waals surface area contributed by atoms with Crippen LogP contribution in [0.15, 0.2) is 9.52 Å². The Bertz CT molecular complexity index is 517. The Morgan fingerprint density at radius 3 is 2.73 bits per heavy atom. The number of aliphatic imine (C=N–C) groups is 1. The van der Waals surface area contributed by atoms with Crippen molar-refractivity contribution < 1.29 is 4.52 Å². The first-order valence-electron chi connectivity index (χ1n) is 8.53. The predicted octanol–water partition coefficient (Wildman–Crippen LogP) is 2.78. The van der Waals surface area contributed by atoms with Crippen LogP contribution in [0.25, 0.3) is 0 Å². The third kappa shape index (κ3) is 3.28. The number of rotatable bonds is 5. The summed E-state index contributed by atoms with van der Waals surface area (Å²) in [6, 6.07) is 0. The molecule has 0 aliphatic heterocycles. The van der Waals surface area contributed by atoms with Crippen LogP contribution in [-0.4, -0.2) is 24.7 Å². The van der Waals surface area contributed by atoms with E-state index < -0.39 is 0 Å². The number of hydrogen-bond acceptors (Lipinski definition) is 3. The summed E-state index contributed by atoms with van der Waals surface area (Å²) >= 11 is 0. The van der Waals surface area contributed by atoms with E-state index in [1.807, 2.05) is 20.9 Å². The van der Waals surface area contributed by atoms with Crippen molar-refractivity contribution in [2.24, 2.45) is 22.7 Å². The molecule has 22 heavy (non-hydrogen) atoms. The van der Waals surface area contributed by atoms with Gasteiger partial charge in [0.1, 0.15) is 5.76 Å². The minimum absolute atomic E-state index is 0.703. The number of nitrogens with one attached hydrogen (secondary N) is 2. The Kier molecular flexibility index (Phi) is 4.69. The highest BCUT2D eigenvalue weighted by Gasteiger charge is 2.38. The summed E-state index contributed by atoms with van der Waals surface area (Å²) in [7, 11) is 1.82. The SMILES string of the molecule is CN=C(NCCC1CC2CCC1C2)NCc1c(C)noc1C. The van der Waals surface area contributed by atoms with E-state index in [1.54, 1.807) is 0 Å². The third-order valence-electron chi connectivity index (χ3n) is 5.53. The minimum atomic E-state index is 0.703. The van der Waals surface area contributed by atoms with Crippen LogP contribution in [0.2, 0.25) is 0 Å². The fourth-order valence-corrected chi connectivity index (χ4v) is 4.25. The van der Waals surface area contributed by atoms with E-state index in [9.17, 15) is 0 Å². The number of aryl methyl sites for hydroxylation is 2. The number of guanidine groups is 1. The van der Waals surface area contributed by atoms with Crippen LogP contribution in [0.1, 0.15) is 49.1 Å². The summed E-state index contributed by atoms with van der Waals surface area (Å²) in [5, 5.41) is 10.8. The molecule has 5 nitrogen and oxygen atoms in total.